The van der Waals surface area contributed by atoms with Crippen LogP contribution in [0.5, 0.6) is 0 Å². The summed E-state index contributed by atoms with van der Waals surface area (Å²) >= 11 is 3.39. The van der Waals surface area contributed by atoms with Gasteiger partial charge < -0.3 is 5.32 Å². The van der Waals surface area contributed by atoms with Gasteiger partial charge in [0.25, 0.3) is 0 Å². The number of rotatable bonds is 2. The van der Waals surface area contributed by atoms with Crippen molar-refractivity contribution < 1.29 is 4.79 Å². The van der Waals surface area contributed by atoms with Gasteiger partial charge in [0.1, 0.15) is 0 Å². The van der Waals surface area contributed by atoms with Crippen molar-refractivity contribution in [2.45, 2.75) is 25.3 Å². The molecule has 3 rings (SSSR count). The fraction of sp³-hybridized carbons (Fsp3) is 0.385. The number of hydrogen-bond donors (Lipinski definition) is 1. The number of halogens is 1. The Balaban J connectivity index is 1.85. The standard InChI is InChI=1S/C13H14BrN5O/c14-10-6-4-9(5-7-10)12-16-18-19(17-12)11-3-1-2-8-15-13(11)20/h4-7,11H,1-3,8H2,(H,15,20). The van der Waals surface area contributed by atoms with Gasteiger partial charge in [0, 0.05) is 16.6 Å². The van der Waals surface area contributed by atoms with Crippen molar-refractivity contribution in [1.82, 2.24) is 25.5 Å². The van der Waals surface area contributed by atoms with Crippen molar-refractivity contribution >= 4 is 21.8 Å². The minimum atomic E-state index is -0.353. The third-order valence-corrected chi connectivity index (χ3v) is 3.84. The third-order valence-electron chi connectivity index (χ3n) is 3.32. The first-order valence-corrected chi connectivity index (χ1v) is 7.36. The number of carbonyl (C=O) groups is 1. The van der Waals surface area contributed by atoms with E-state index in [1.807, 2.05) is 24.3 Å². The molecular weight excluding hydrogens is 322 g/mol. The van der Waals surface area contributed by atoms with E-state index in [4.69, 9.17) is 0 Å². The first-order chi connectivity index (χ1) is 9.74. The molecule has 7 heteroatoms. The summed E-state index contributed by atoms with van der Waals surface area (Å²) in [5.74, 6) is 0.511. The summed E-state index contributed by atoms with van der Waals surface area (Å²) < 4.78 is 0.997. The lowest BCUT2D eigenvalue weighted by molar-refractivity contribution is -0.124. The second-order valence-electron chi connectivity index (χ2n) is 4.74. The molecule has 1 N–H and O–H groups in total. The van der Waals surface area contributed by atoms with Crippen LogP contribution in [0.3, 0.4) is 0 Å². The SMILES string of the molecule is O=C1NCCCCC1n1nnc(-c2ccc(Br)cc2)n1. The summed E-state index contributed by atoms with van der Waals surface area (Å²) in [6.07, 6.45) is 2.73. The molecule has 1 fully saturated rings. The Hall–Kier alpha value is -1.76. The summed E-state index contributed by atoms with van der Waals surface area (Å²) in [6, 6.07) is 7.33. The number of carbonyl (C=O) groups excluding carboxylic acids is 1. The molecule has 1 aliphatic rings. The van der Waals surface area contributed by atoms with Crippen LogP contribution in [0.25, 0.3) is 11.4 Å². The molecule has 0 aliphatic carbocycles. The smallest absolute Gasteiger partial charge is 0.246 e. The Morgan fingerprint density at radius 1 is 1.25 bits per heavy atom. The summed E-state index contributed by atoms with van der Waals surface area (Å²) in [5, 5.41) is 15.3. The minimum absolute atomic E-state index is 0.0257. The van der Waals surface area contributed by atoms with Crippen LogP contribution in [0.15, 0.2) is 28.7 Å². The summed E-state index contributed by atoms with van der Waals surface area (Å²) in [6.45, 7) is 0.726. The van der Waals surface area contributed by atoms with E-state index in [0.717, 1.165) is 35.8 Å². The number of aromatic nitrogens is 4. The highest BCUT2D eigenvalue weighted by molar-refractivity contribution is 9.10. The van der Waals surface area contributed by atoms with E-state index in [-0.39, 0.29) is 11.9 Å². The molecule has 1 aromatic carbocycles. The zero-order chi connectivity index (χ0) is 13.9. The van der Waals surface area contributed by atoms with Gasteiger partial charge in [-0.1, -0.05) is 15.9 Å². The van der Waals surface area contributed by atoms with Gasteiger partial charge in [-0.25, -0.2) is 0 Å². The Labute approximate surface area is 124 Å². The maximum Gasteiger partial charge on any atom is 0.246 e. The Kier molecular flexibility index (Phi) is 3.77. The number of nitrogens with one attached hydrogen (secondary N) is 1. The second-order valence-corrected chi connectivity index (χ2v) is 5.66. The van der Waals surface area contributed by atoms with Crippen molar-refractivity contribution in [3.8, 4) is 11.4 Å². The van der Waals surface area contributed by atoms with Gasteiger partial charge >= 0.3 is 0 Å². The molecule has 1 aliphatic heterocycles. The van der Waals surface area contributed by atoms with E-state index in [9.17, 15) is 4.79 Å². The first-order valence-electron chi connectivity index (χ1n) is 6.57. The lowest BCUT2D eigenvalue weighted by Crippen LogP contribution is -2.32. The predicted octanol–water partition coefficient (Wildman–Crippen LogP) is 1.94. The number of nitrogens with zero attached hydrogens (tertiary/aromatic N) is 4. The van der Waals surface area contributed by atoms with Crippen molar-refractivity contribution in [2.24, 2.45) is 0 Å². The minimum Gasteiger partial charge on any atom is -0.354 e. The zero-order valence-corrected chi connectivity index (χ0v) is 12.4. The van der Waals surface area contributed by atoms with Crippen molar-refractivity contribution in [3.63, 3.8) is 0 Å². The van der Waals surface area contributed by atoms with Crippen LogP contribution >= 0.6 is 15.9 Å². The Bertz CT molecular complexity index is 609. The molecule has 0 spiro atoms. The van der Waals surface area contributed by atoms with Gasteiger partial charge in [-0.3, -0.25) is 4.79 Å². The van der Waals surface area contributed by atoms with E-state index in [0.29, 0.717) is 5.82 Å². The highest BCUT2D eigenvalue weighted by Gasteiger charge is 2.25. The van der Waals surface area contributed by atoms with Crippen LogP contribution in [0.4, 0.5) is 0 Å². The molecule has 2 aromatic rings. The lowest BCUT2D eigenvalue weighted by Gasteiger charge is -2.10. The second kappa shape index (κ2) is 5.70. The van der Waals surface area contributed by atoms with Gasteiger partial charge in [0.2, 0.25) is 11.7 Å². The number of tetrazole rings is 1. The number of benzene rings is 1. The van der Waals surface area contributed by atoms with Crippen LogP contribution in [0, 0.1) is 0 Å². The fourth-order valence-electron chi connectivity index (χ4n) is 2.22. The van der Waals surface area contributed by atoms with Crippen LogP contribution in [-0.4, -0.2) is 32.7 Å². The average Bonchev–Trinajstić information content (AvgIpc) is 2.83. The van der Waals surface area contributed by atoms with Gasteiger partial charge in [-0.2, -0.15) is 4.80 Å². The molecule has 1 amide bonds. The molecule has 0 saturated carbocycles. The molecule has 0 bridgehead atoms. The van der Waals surface area contributed by atoms with Crippen LogP contribution in [0.2, 0.25) is 0 Å². The van der Waals surface area contributed by atoms with Crippen molar-refractivity contribution in [3.05, 3.63) is 28.7 Å². The molecule has 6 nitrogen and oxygen atoms in total. The van der Waals surface area contributed by atoms with Crippen LogP contribution in [0.1, 0.15) is 25.3 Å². The monoisotopic (exact) mass is 335 g/mol. The van der Waals surface area contributed by atoms with Crippen molar-refractivity contribution in [1.29, 1.82) is 0 Å². The van der Waals surface area contributed by atoms with E-state index >= 15 is 0 Å². The maximum atomic E-state index is 12.0. The molecule has 1 atom stereocenters. The van der Waals surface area contributed by atoms with Gasteiger partial charge in [0.05, 0.1) is 0 Å². The summed E-state index contributed by atoms with van der Waals surface area (Å²) in [7, 11) is 0. The topological polar surface area (TPSA) is 72.7 Å². The van der Waals surface area contributed by atoms with Crippen LogP contribution in [-0.2, 0) is 4.79 Å². The van der Waals surface area contributed by atoms with E-state index < -0.39 is 0 Å². The van der Waals surface area contributed by atoms with Gasteiger partial charge in [-0.15, -0.1) is 10.2 Å². The van der Waals surface area contributed by atoms with E-state index in [2.05, 4.69) is 36.7 Å². The number of amides is 1. The molecule has 20 heavy (non-hydrogen) atoms. The summed E-state index contributed by atoms with van der Waals surface area (Å²) in [5.41, 5.74) is 0.883. The highest BCUT2D eigenvalue weighted by atomic mass is 79.9. The zero-order valence-electron chi connectivity index (χ0n) is 10.8. The Morgan fingerprint density at radius 2 is 2.05 bits per heavy atom. The maximum absolute atomic E-state index is 12.0. The fourth-order valence-corrected chi connectivity index (χ4v) is 2.48. The predicted molar refractivity (Wildman–Crippen MR) is 76.9 cm³/mol. The summed E-state index contributed by atoms with van der Waals surface area (Å²) in [4.78, 5) is 13.4. The molecule has 1 saturated heterocycles. The molecule has 2 heterocycles. The largest absolute Gasteiger partial charge is 0.354 e. The lowest BCUT2D eigenvalue weighted by atomic mass is 10.1. The Morgan fingerprint density at radius 3 is 2.85 bits per heavy atom. The molecule has 1 aromatic heterocycles. The first kappa shape index (κ1) is 13.2. The van der Waals surface area contributed by atoms with Gasteiger partial charge in [-0.05, 0) is 48.7 Å². The molecule has 1 unspecified atom stereocenters. The number of hydrogen-bond acceptors (Lipinski definition) is 4. The quantitative estimate of drug-likeness (QED) is 0.910. The van der Waals surface area contributed by atoms with Crippen LogP contribution < -0.4 is 5.32 Å². The third kappa shape index (κ3) is 2.72. The average molecular weight is 336 g/mol. The highest BCUT2D eigenvalue weighted by Crippen LogP contribution is 2.20. The molecular formula is C13H14BrN5O. The van der Waals surface area contributed by atoms with Crippen molar-refractivity contribution in [2.75, 3.05) is 6.54 Å². The van der Waals surface area contributed by atoms with E-state index in [1.54, 1.807) is 0 Å². The molecule has 0 radical (unpaired) electrons. The van der Waals surface area contributed by atoms with Gasteiger partial charge in [0.15, 0.2) is 6.04 Å². The van der Waals surface area contributed by atoms with E-state index in [1.165, 1.54) is 4.80 Å². The molecule has 104 valence electrons. The normalized spacial score (nSPS) is 19.4.